The van der Waals surface area contributed by atoms with Gasteiger partial charge in [-0.3, -0.25) is 23.9 Å². The third-order valence-electron chi connectivity index (χ3n) is 11.8. The Morgan fingerprint density at radius 3 is 2.42 bits per heavy atom. The molecule has 17 heteroatoms. The van der Waals surface area contributed by atoms with E-state index >= 15 is 0 Å². The SMILES string of the molecule is [B]C([B])(c1cccc(C(=O)N(C)C2CC2)[n+]1OC)N1CC(n2ncc3c2C(CC)N(C)c2c(NC(/C=C(\N)NC(=O)C4CC4)=C(/N)C(=O)NC4CC4)cccc2-3)C1. The summed E-state index contributed by atoms with van der Waals surface area (Å²) in [5, 5.41) is 12.6. The maximum Gasteiger partial charge on any atom is 0.323 e. The molecule has 0 bridgehead atoms. The fourth-order valence-electron chi connectivity index (χ4n) is 8.00. The quantitative estimate of drug-likeness (QED) is 0.0693. The van der Waals surface area contributed by atoms with Gasteiger partial charge in [0.05, 0.1) is 56.7 Å². The van der Waals surface area contributed by atoms with E-state index in [-0.39, 0.29) is 59.1 Å². The highest BCUT2D eigenvalue weighted by molar-refractivity contribution is 6.39. The first-order chi connectivity index (χ1) is 27.3. The van der Waals surface area contributed by atoms with E-state index in [9.17, 15) is 14.4 Å². The summed E-state index contributed by atoms with van der Waals surface area (Å²) in [5.41, 5.74) is 18.5. The van der Waals surface area contributed by atoms with Crippen LogP contribution in [0.4, 0.5) is 11.4 Å². The van der Waals surface area contributed by atoms with E-state index in [1.165, 1.54) is 17.9 Å². The van der Waals surface area contributed by atoms with Crippen LogP contribution in [-0.4, -0.2) is 99.4 Å². The predicted octanol–water partition coefficient (Wildman–Crippen LogP) is 1.22. The second-order valence-electron chi connectivity index (χ2n) is 16.0. The number of anilines is 2. The van der Waals surface area contributed by atoms with Crippen LogP contribution < -0.4 is 41.9 Å². The molecule has 1 atom stereocenters. The number of nitrogens with zero attached hydrogens (tertiary/aromatic N) is 6. The number of benzene rings is 1. The highest BCUT2D eigenvalue weighted by Gasteiger charge is 2.47. The number of rotatable bonds is 14. The summed E-state index contributed by atoms with van der Waals surface area (Å²) in [7, 11) is 19.1. The van der Waals surface area contributed by atoms with Crippen molar-refractivity contribution in [3.63, 3.8) is 0 Å². The Morgan fingerprint density at radius 1 is 1.05 bits per heavy atom. The monoisotopic (exact) mass is 770 g/mol. The molecule has 8 rings (SSSR count). The Hall–Kier alpha value is -5.44. The molecule has 5 aliphatic rings. The van der Waals surface area contributed by atoms with Gasteiger partial charge in [-0.15, -0.1) is 0 Å². The average Bonchev–Trinajstić information content (AvgIpc) is 4.03. The van der Waals surface area contributed by atoms with Gasteiger partial charge in [0.2, 0.25) is 11.6 Å². The Labute approximate surface area is 335 Å². The molecule has 0 spiro atoms. The number of allylic oxidation sites excluding steroid dienone is 1. The van der Waals surface area contributed by atoms with E-state index in [0.717, 1.165) is 67.5 Å². The zero-order valence-electron chi connectivity index (χ0n) is 33.0. The van der Waals surface area contributed by atoms with Crippen molar-refractivity contribution in [2.75, 3.05) is 44.5 Å². The van der Waals surface area contributed by atoms with Gasteiger partial charge in [-0.2, -0.15) is 5.10 Å². The molecule has 3 aliphatic carbocycles. The smallest absolute Gasteiger partial charge is 0.323 e. The fraction of sp³-hybridized carbons (Fsp3) is 0.475. The maximum atomic E-state index is 13.4. The van der Waals surface area contributed by atoms with Gasteiger partial charge < -0.3 is 42.1 Å². The largest absolute Gasteiger partial charge is 0.393 e. The molecule has 1 aromatic carbocycles. The molecule has 4 heterocycles. The summed E-state index contributed by atoms with van der Waals surface area (Å²) in [6, 6.07) is 11.5. The Kier molecular flexibility index (Phi) is 9.99. The third-order valence-corrected chi connectivity index (χ3v) is 11.8. The number of carbonyl (C=O) groups excluding carboxylic acids is 3. The van der Waals surface area contributed by atoms with Crippen LogP contribution in [0.15, 0.2) is 65.9 Å². The number of hydrogen-bond donors (Lipinski definition) is 5. The van der Waals surface area contributed by atoms with Crippen molar-refractivity contribution in [2.24, 2.45) is 17.4 Å². The van der Waals surface area contributed by atoms with Gasteiger partial charge in [-0.05, 0) is 57.1 Å². The molecule has 3 saturated carbocycles. The van der Waals surface area contributed by atoms with Crippen LogP contribution in [-0.2, 0) is 14.9 Å². The van der Waals surface area contributed by atoms with E-state index in [4.69, 9.17) is 37.1 Å². The van der Waals surface area contributed by atoms with Gasteiger partial charge in [-0.25, -0.2) is 0 Å². The van der Waals surface area contributed by atoms with Crippen LogP contribution in [0.5, 0.6) is 0 Å². The van der Waals surface area contributed by atoms with Gasteiger partial charge in [0.25, 0.3) is 5.91 Å². The van der Waals surface area contributed by atoms with Crippen LogP contribution in [0.25, 0.3) is 11.1 Å². The number of para-hydroxylation sites is 1. The van der Waals surface area contributed by atoms with Gasteiger partial charge in [0, 0.05) is 84.6 Å². The third kappa shape index (κ3) is 7.21. The minimum atomic E-state index is -1.44. The van der Waals surface area contributed by atoms with Gasteiger partial charge >= 0.3 is 11.6 Å². The van der Waals surface area contributed by atoms with Crippen LogP contribution in [0, 0.1) is 5.92 Å². The van der Waals surface area contributed by atoms with E-state index in [2.05, 4.69) is 38.5 Å². The minimum absolute atomic E-state index is 0.0226. The number of nitrogens with two attached hydrogens (primary N) is 2. The molecule has 3 aromatic rings. The number of carbonyl (C=O) groups is 3. The summed E-state index contributed by atoms with van der Waals surface area (Å²) in [5.74, 6) is -0.653. The number of amides is 3. The Balaban J connectivity index is 1.07. The first-order valence-electron chi connectivity index (χ1n) is 19.8. The van der Waals surface area contributed by atoms with Crippen LogP contribution in [0.1, 0.15) is 85.8 Å². The first kappa shape index (κ1) is 38.4. The summed E-state index contributed by atoms with van der Waals surface area (Å²) >= 11 is 0. The molecule has 2 aromatic heterocycles. The predicted molar refractivity (Wildman–Crippen MR) is 216 cm³/mol. The lowest BCUT2D eigenvalue weighted by molar-refractivity contribution is -0.893. The molecular weight excluding hydrogens is 720 g/mol. The molecule has 7 N–H and O–H groups in total. The van der Waals surface area contributed by atoms with Crippen molar-refractivity contribution in [3.8, 4) is 11.1 Å². The van der Waals surface area contributed by atoms with Crippen molar-refractivity contribution in [2.45, 2.75) is 81.4 Å². The number of nitrogens with one attached hydrogen (secondary N) is 3. The van der Waals surface area contributed by atoms with E-state index in [0.29, 0.717) is 30.2 Å². The number of likely N-dealkylation sites (tertiary alicyclic amines) is 1. The Morgan fingerprint density at radius 2 is 1.77 bits per heavy atom. The summed E-state index contributed by atoms with van der Waals surface area (Å²) < 4.78 is 3.53. The van der Waals surface area contributed by atoms with E-state index in [1.807, 2.05) is 30.3 Å². The number of hydrogen-bond acceptors (Lipinski definition) is 10. The molecule has 1 unspecified atom stereocenters. The summed E-state index contributed by atoms with van der Waals surface area (Å²) in [6.07, 6.45) is 9.63. The van der Waals surface area contributed by atoms with Crippen LogP contribution >= 0.6 is 0 Å². The Bertz CT molecular complexity index is 2170. The number of pyridine rings is 1. The first-order valence-corrected chi connectivity index (χ1v) is 19.8. The van der Waals surface area contributed by atoms with Crippen molar-refractivity contribution in [3.05, 3.63) is 83.0 Å². The van der Waals surface area contributed by atoms with Gasteiger partial charge in [0.15, 0.2) is 0 Å². The molecular formula is C40H50B2N11O4+. The number of aromatic nitrogens is 3. The van der Waals surface area contributed by atoms with Gasteiger partial charge in [-0.1, -0.05) is 19.1 Å². The lowest BCUT2D eigenvalue weighted by Gasteiger charge is -2.49. The summed E-state index contributed by atoms with van der Waals surface area (Å²) in [4.78, 5) is 50.7. The number of fused-ring (bicyclic) bond motifs is 3. The standard InChI is InChI=1S/C40H49B2N11O4/c1-5-30-36-27(19-45-52(36)25-20-51(21-25)40(41,42)32-11-7-10-31(53(32)57-4)39(56)49(2)24-16-17-24)26-8-6-9-28(35(26)50(30)3)47-29(34(44)38(55)46-23-14-15-23)18-33(43)48-37(54)22-12-13-22/h6-11,18-19,22-25,30,44H,5,12-17,20-21H2,1-4H3,(H5,43,46,47,48,54,55,56)/p+1. The van der Waals surface area contributed by atoms with Crippen LogP contribution in [0.3, 0.4) is 0 Å². The summed E-state index contributed by atoms with van der Waals surface area (Å²) in [6.45, 7) is 3.17. The molecule has 4 radical (unpaired) electrons. The average molecular weight is 771 g/mol. The normalized spacial score (nSPS) is 20.1. The fourth-order valence-corrected chi connectivity index (χ4v) is 8.00. The lowest BCUT2D eigenvalue weighted by Crippen LogP contribution is -2.65. The molecule has 2 aliphatic heterocycles. The van der Waals surface area contributed by atoms with Crippen molar-refractivity contribution >= 4 is 44.8 Å². The lowest BCUT2D eigenvalue weighted by atomic mass is 9.57. The maximum absolute atomic E-state index is 13.4. The molecule has 15 nitrogen and oxygen atoms in total. The van der Waals surface area contributed by atoms with Crippen LogP contribution in [0.2, 0.25) is 0 Å². The highest BCUT2D eigenvalue weighted by atomic mass is 16.6. The molecule has 294 valence electrons. The van der Waals surface area contributed by atoms with Crippen molar-refractivity contribution in [1.82, 2.24) is 30.2 Å². The molecule has 4 fully saturated rings. The van der Waals surface area contributed by atoms with Crippen molar-refractivity contribution < 1.29 is 24.0 Å². The van der Waals surface area contributed by atoms with E-state index < -0.39 is 11.2 Å². The topological polar surface area (TPSA) is 180 Å². The minimum Gasteiger partial charge on any atom is -0.393 e. The van der Waals surface area contributed by atoms with Crippen molar-refractivity contribution in [1.29, 1.82) is 0 Å². The zero-order chi connectivity index (χ0) is 40.3. The van der Waals surface area contributed by atoms with Gasteiger partial charge in [0.1, 0.15) is 18.6 Å². The highest BCUT2D eigenvalue weighted by Crippen LogP contribution is 2.50. The molecule has 57 heavy (non-hydrogen) atoms. The second-order valence-corrected chi connectivity index (χ2v) is 16.0. The molecule has 1 saturated heterocycles. The van der Waals surface area contributed by atoms with E-state index in [1.54, 1.807) is 30.1 Å². The zero-order valence-corrected chi connectivity index (χ0v) is 33.0. The second kappa shape index (κ2) is 14.8. The molecule has 3 amide bonds.